The fraction of sp³-hybridized carbons (Fsp3) is 0.160. The van der Waals surface area contributed by atoms with E-state index >= 15 is 0 Å². The van der Waals surface area contributed by atoms with Crippen molar-refractivity contribution in [1.82, 2.24) is 20.1 Å². The first kappa shape index (κ1) is 20.0. The fourth-order valence-electron chi connectivity index (χ4n) is 4.36. The number of rotatable bonds is 4. The fourth-order valence-corrected chi connectivity index (χ4v) is 4.36. The third-order valence-electron chi connectivity index (χ3n) is 5.81. The van der Waals surface area contributed by atoms with Crippen LogP contribution in [0.2, 0.25) is 0 Å². The number of aliphatic hydroxyl groups is 1. The molecule has 7 nitrogen and oxygen atoms in total. The largest absolute Gasteiger partial charge is 0.374 e. The van der Waals surface area contributed by atoms with Crippen LogP contribution >= 0.6 is 0 Å². The quantitative estimate of drug-likeness (QED) is 0.401. The second-order valence-corrected chi connectivity index (χ2v) is 8.02. The summed E-state index contributed by atoms with van der Waals surface area (Å²) >= 11 is 0. The van der Waals surface area contributed by atoms with Gasteiger partial charge in [-0.1, -0.05) is 41.1 Å². The molecule has 1 unspecified atom stereocenters. The normalized spacial score (nSPS) is 13.4. The Morgan fingerprint density at radius 2 is 1.84 bits per heavy atom. The second kappa shape index (κ2) is 7.32. The predicted octanol–water partition coefficient (Wildman–Crippen LogP) is 4.12. The van der Waals surface area contributed by atoms with Gasteiger partial charge in [-0.2, -0.15) is 0 Å². The maximum absolute atomic E-state index is 12.4. The van der Waals surface area contributed by atoms with Crippen LogP contribution in [-0.2, 0) is 5.60 Å². The summed E-state index contributed by atoms with van der Waals surface area (Å²) in [5, 5.41) is 16.4. The van der Waals surface area contributed by atoms with Crippen LogP contribution in [0.5, 0.6) is 0 Å². The molecule has 5 rings (SSSR count). The molecule has 0 aliphatic rings. The molecule has 3 N–H and O–H groups in total. The van der Waals surface area contributed by atoms with Gasteiger partial charge in [-0.3, -0.25) is 4.98 Å². The Bertz CT molecular complexity index is 1480. The molecule has 1 atom stereocenters. The van der Waals surface area contributed by atoms with Gasteiger partial charge in [0.15, 0.2) is 5.60 Å². The van der Waals surface area contributed by atoms with E-state index in [2.05, 4.69) is 20.1 Å². The van der Waals surface area contributed by atoms with E-state index in [1.54, 1.807) is 18.3 Å². The molecule has 0 bridgehead atoms. The molecule has 0 fully saturated rings. The first-order valence-corrected chi connectivity index (χ1v) is 10.3. The van der Waals surface area contributed by atoms with Gasteiger partial charge in [-0.05, 0) is 56.2 Å². The first-order chi connectivity index (χ1) is 15.4. The summed E-state index contributed by atoms with van der Waals surface area (Å²) in [6, 6.07) is 16.8. The molecule has 7 heteroatoms. The maximum atomic E-state index is 12.4. The lowest BCUT2D eigenvalue weighted by atomic mass is 9.80. The van der Waals surface area contributed by atoms with Gasteiger partial charge < -0.3 is 19.6 Å². The van der Waals surface area contributed by atoms with E-state index in [9.17, 15) is 9.90 Å². The highest BCUT2D eigenvalue weighted by Gasteiger charge is 2.38. The highest BCUT2D eigenvalue weighted by Crippen LogP contribution is 2.41. The number of imidazole rings is 1. The molecule has 0 radical (unpaired) electrons. The van der Waals surface area contributed by atoms with Gasteiger partial charge in [0.1, 0.15) is 5.76 Å². The smallest absolute Gasteiger partial charge is 0.323 e. The van der Waals surface area contributed by atoms with Crippen LogP contribution in [0.1, 0.15) is 33.8 Å². The molecule has 0 saturated carbocycles. The molecular weight excluding hydrogens is 404 g/mol. The van der Waals surface area contributed by atoms with E-state index in [4.69, 9.17) is 4.52 Å². The zero-order chi connectivity index (χ0) is 22.5. The molecule has 160 valence electrons. The molecule has 0 aliphatic heterocycles. The second-order valence-electron chi connectivity index (χ2n) is 8.02. The standard InChI is InChI=1S/C25H22N4O3/c1-14-7-6-8-18(11-14)25(31,21-9-4-5-10-26-21)19-12-17(22-15(2)29-32-16(22)3)13-20-23(19)28-24(30)27-20/h4-13,31H,1-3H3,(H2,27,28,30). The van der Waals surface area contributed by atoms with Crippen molar-refractivity contribution in [3.8, 4) is 11.1 Å². The van der Waals surface area contributed by atoms with Crippen molar-refractivity contribution in [2.75, 3.05) is 0 Å². The monoisotopic (exact) mass is 426 g/mol. The number of H-pyrrole nitrogens is 2. The lowest BCUT2D eigenvalue weighted by molar-refractivity contribution is 0.122. The number of aromatic amines is 2. The Labute approximate surface area is 183 Å². The lowest BCUT2D eigenvalue weighted by Gasteiger charge is -2.30. The Balaban J connectivity index is 1.91. The van der Waals surface area contributed by atoms with Crippen molar-refractivity contribution in [1.29, 1.82) is 0 Å². The van der Waals surface area contributed by atoms with E-state index in [1.165, 1.54) is 0 Å². The summed E-state index contributed by atoms with van der Waals surface area (Å²) in [6.45, 7) is 5.67. The van der Waals surface area contributed by atoms with Crippen molar-refractivity contribution in [3.05, 3.63) is 105 Å². The van der Waals surface area contributed by atoms with Crippen molar-refractivity contribution in [2.24, 2.45) is 0 Å². The summed E-state index contributed by atoms with van der Waals surface area (Å²) < 4.78 is 5.37. The molecule has 0 saturated heterocycles. The molecule has 2 aromatic carbocycles. The zero-order valence-electron chi connectivity index (χ0n) is 17.9. The van der Waals surface area contributed by atoms with E-state index < -0.39 is 5.60 Å². The Morgan fingerprint density at radius 1 is 1.00 bits per heavy atom. The third-order valence-corrected chi connectivity index (χ3v) is 5.81. The molecule has 3 heterocycles. The van der Waals surface area contributed by atoms with Crippen molar-refractivity contribution in [2.45, 2.75) is 26.4 Å². The third kappa shape index (κ3) is 3.06. The number of nitrogens with zero attached hydrogens (tertiary/aromatic N) is 2. The van der Waals surface area contributed by atoms with Crippen LogP contribution in [0.25, 0.3) is 22.2 Å². The summed E-state index contributed by atoms with van der Waals surface area (Å²) in [7, 11) is 0. The Kier molecular flexibility index (Phi) is 4.56. The number of nitrogens with one attached hydrogen (secondary N) is 2. The van der Waals surface area contributed by atoms with Crippen LogP contribution < -0.4 is 5.69 Å². The Morgan fingerprint density at radius 3 is 2.53 bits per heavy atom. The summed E-state index contributed by atoms with van der Waals surface area (Å²) in [6.07, 6.45) is 1.64. The number of hydrogen-bond acceptors (Lipinski definition) is 5. The van der Waals surface area contributed by atoms with Crippen LogP contribution in [0.15, 0.2) is 70.1 Å². The summed E-state index contributed by atoms with van der Waals surface area (Å²) in [5.41, 5.74) is 4.04. The molecule has 0 amide bonds. The topological polar surface area (TPSA) is 108 Å². The van der Waals surface area contributed by atoms with E-state index in [1.807, 2.05) is 63.2 Å². The zero-order valence-corrected chi connectivity index (χ0v) is 17.9. The van der Waals surface area contributed by atoms with Crippen molar-refractivity contribution in [3.63, 3.8) is 0 Å². The highest BCUT2D eigenvalue weighted by atomic mass is 16.5. The number of aromatic nitrogens is 4. The predicted molar refractivity (Wildman–Crippen MR) is 121 cm³/mol. The van der Waals surface area contributed by atoms with Gasteiger partial charge in [0.25, 0.3) is 0 Å². The van der Waals surface area contributed by atoms with E-state index in [0.29, 0.717) is 33.6 Å². The SMILES string of the molecule is Cc1cccc(C(O)(c2ccccn2)c2cc(-c3c(C)noc3C)cc3[nH]c(=O)[nH]c23)c1. The summed E-state index contributed by atoms with van der Waals surface area (Å²) in [4.78, 5) is 22.5. The minimum absolute atomic E-state index is 0.357. The minimum atomic E-state index is -1.62. The van der Waals surface area contributed by atoms with Crippen molar-refractivity contribution < 1.29 is 9.63 Å². The maximum Gasteiger partial charge on any atom is 0.323 e. The molecule has 0 aliphatic carbocycles. The van der Waals surface area contributed by atoms with Crippen LogP contribution in [-0.4, -0.2) is 25.2 Å². The van der Waals surface area contributed by atoms with Crippen LogP contribution in [0, 0.1) is 20.8 Å². The molecule has 3 aromatic heterocycles. The van der Waals surface area contributed by atoms with Gasteiger partial charge >= 0.3 is 5.69 Å². The number of hydrogen-bond donors (Lipinski definition) is 3. The average Bonchev–Trinajstić information content (AvgIpc) is 3.33. The highest BCUT2D eigenvalue weighted by molar-refractivity contribution is 5.87. The minimum Gasteiger partial charge on any atom is -0.374 e. The number of pyridine rings is 1. The van der Waals surface area contributed by atoms with Gasteiger partial charge in [-0.25, -0.2) is 4.79 Å². The van der Waals surface area contributed by atoms with Gasteiger partial charge in [-0.15, -0.1) is 0 Å². The first-order valence-electron chi connectivity index (χ1n) is 10.3. The van der Waals surface area contributed by atoms with E-state index in [-0.39, 0.29) is 5.69 Å². The van der Waals surface area contributed by atoms with Gasteiger partial charge in [0.2, 0.25) is 0 Å². The molecular formula is C25H22N4O3. The number of aryl methyl sites for hydroxylation is 3. The van der Waals surface area contributed by atoms with Crippen LogP contribution in [0.4, 0.5) is 0 Å². The lowest BCUT2D eigenvalue weighted by Crippen LogP contribution is -2.30. The molecule has 5 aromatic rings. The number of fused-ring (bicyclic) bond motifs is 1. The Hall–Kier alpha value is -3.97. The molecule has 0 spiro atoms. The number of benzene rings is 2. The van der Waals surface area contributed by atoms with Crippen molar-refractivity contribution >= 4 is 11.0 Å². The average molecular weight is 426 g/mol. The van der Waals surface area contributed by atoms with Crippen LogP contribution in [0.3, 0.4) is 0 Å². The van der Waals surface area contributed by atoms with E-state index in [0.717, 1.165) is 22.4 Å². The molecule has 32 heavy (non-hydrogen) atoms. The van der Waals surface area contributed by atoms with Gasteiger partial charge in [0.05, 0.1) is 22.4 Å². The van der Waals surface area contributed by atoms with Gasteiger partial charge in [0, 0.05) is 17.3 Å². The summed E-state index contributed by atoms with van der Waals surface area (Å²) in [5.74, 6) is 0.655.